The van der Waals surface area contributed by atoms with E-state index in [4.69, 9.17) is 11.6 Å². The molecule has 1 heterocycles. The number of nitro benzene ring substituents is 1. The maximum atomic E-state index is 12.8. The van der Waals surface area contributed by atoms with Gasteiger partial charge in [0.05, 0.1) is 27.4 Å². The molecule has 12 heteroatoms. The molecule has 0 aliphatic rings. The molecule has 1 atom stereocenters. The van der Waals surface area contributed by atoms with Gasteiger partial charge in [-0.1, -0.05) is 61.5 Å². The van der Waals surface area contributed by atoms with E-state index in [1.165, 1.54) is 18.2 Å². The first-order valence-electron chi connectivity index (χ1n) is 11.0. The van der Waals surface area contributed by atoms with E-state index >= 15 is 0 Å². The summed E-state index contributed by atoms with van der Waals surface area (Å²) in [5.41, 5.74) is 0.493. The van der Waals surface area contributed by atoms with Gasteiger partial charge in [-0.3, -0.25) is 19.7 Å². The first-order valence-corrected chi connectivity index (χ1v) is 12.3. The number of halogens is 1. The van der Waals surface area contributed by atoms with Crippen molar-refractivity contribution < 1.29 is 14.5 Å². The van der Waals surface area contributed by atoms with Gasteiger partial charge in [0.25, 0.3) is 11.6 Å². The molecule has 10 nitrogen and oxygen atoms in total. The van der Waals surface area contributed by atoms with Crippen LogP contribution in [-0.2, 0) is 11.3 Å². The number of nitro groups is 1. The van der Waals surface area contributed by atoms with Gasteiger partial charge >= 0.3 is 0 Å². The van der Waals surface area contributed by atoms with E-state index in [2.05, 4.69) is 27.4 Å². The van der Waals surface area contributed by atoms with Gasteiger partial charge in [-0.15, -0.1) is 16.8 Å². The van der Waals surface area contributed by atoms with Crippen molar-refractivity contribution in [2.24, 2.45) is 5.92 Å². The minimum atomic E-state index is -0.568. The summed E-state index contributed by atoms with van der Waals surface area (Å²) in [5.74, 6) is -0.155. The first kappa shape index (κ1) is 26.9. The zero-order chi connectivity index (χ0) is 26.2. The van der Waals surface area contributed by atoms with Gasteiger partial charge in [0.15, 0.2) is 11.0 Å². The number of benzene rings is 2. The highest BCUT2D eigenvalue weighted by Crippen LogP contribution is 2.28. The highest BCUT2D eigenvalue weighted by atomic mass is 35.5. The van der Waals surface area contributed by atoms with Crippen molar-refractivity contribution in [1.82, 2.24) is 20.1 Å². The molecule has 1 aromatic heterocycles. The number of carbonyl (C=O) groups excluding carboxylic acids is 2. The van der Waals surface area contributed by atoms with Crippen LogP contribution in [0.4, 0.5) is 11.4 Å². The minimum absolute atomic E-state index is 0.00240. The Morgan fingerprint density at radius 1 is 1.22 bits per heavy atom. The number of nitrogens with one attached hydrogen (secondary N) is 2. The molecule has 188 valence electrons. The second-order valence-corrected chi connectivity index (χ2v) is 9.41. The lowest BCUT2D eigenvalue weighted by Crippen LogP contribution is -2.33. The quantitative estimate of drug-likeness (QED) is 0.157. The molecule has 3 aromatic rings. The number of hydrogen-bond acceptors (Lipinski definition) is 7. The summed E-state index contributed by atoms with van der Waals surface area (Å²) >= 11 is 7.20. The Morgan fingerprint density at radius 2 is 1.94 bits per heavy atom. The standard InChI is InChI=1S/C24H25ClN6O4S/c1-4-12-30-22(21(15(2)3)27-23(33)16-8-6-5-7-9-16)28-29-24(30)36-14-20(32)26-19-13-17(31(34)35)10-11-18(19)25/h4-11,13,15,21H,1,12,14H2,2-3H3,(H,26,32)(H,27,33)/t21-/m0/s1. The largest absolute Gasteiger partial charge is 0.342 e. The van der Waals surface area contributed by atoms with Crippen LogP contribution in [0.2, 0.25) is 5.02 Å². The number of rotatable bonds is 11. The van der Waals surface area contributed by atoms with Gasteiger partial charge < -0.3 is 15.2 Å². The van der Waals surface area contributed by atoms with E-state index in [0.717, 1.165) is 11.8 Å². The van der Waals surface area contributed by atoms with Crippen LogP contribution < -0.4 is 10.6 Å². The second-order valence-electron chi connectivity index (χ2n) is 8.06. The van der Waals surface area contributed by atoms with E-state index < -0.39 is 16.9 Å². The predicted molar refractivity (Wildman–Crippen MR) is 139 cm³/mol. The topological polar surface area (TPSA) is 132 Å². The Morgan fingerprint density at radius 3 is 2.58 bits per heavy atom. The first-order chi connectivity index (χ1) is 17.2. The lowest BCUT2D eigenvalue weighted by Gasteiger charge is -2.22. The SMILES string of the molecule is C=CCn1c(SCC(=O)Nc2cc([N+](=O)[O-])ccc2Cl)nnc1[C@@H](NC(=O)c1ccccc1)C(C)C. The van der Waals surface area contributed by atoms with E-state index in [1.807, 2.05) is 19.9 Å². The molecular weight excluding hydrogens is 504 g/mol. The average Bonchev–Trinajstić information content (AvgIpc) is 3.25. The molecular formula is C24H25ClN6O4S. The summed E-state index contributed by atoms with van der Waals surface area (Å²) in [7, 11) is 0. The molecule has 0 fully saturated rings. The molecule has 2 aromatic carbocycles. The van der Waals surface area contributed by atoms with Gasteiger partial charge in [-0.05, 0) is 24.1 Å². The number of hydrogen-bond donors (Lipinski definition) is 2. The second kappa shape index (κ2) is 12.3. The predicted octanol–water partition coefficient (Wildman–Crippen LogP) is 4.88. The van der Waals surface area contributed by atoms with Crippen LogP contribution in [0.25, 0.3) is 0 Å². The van der Waals surface area contributed by atoms with Gasteiger partial charge in [0.1, 0.15) is 0 Å². The van der Waals surface area contributed by atoms with Crippen LogP contribution in [0.15, 0.2) is 66.3 Å². The third-order valence-electron chi connectivity index (χ3n) is 5.09. The molecule has 2 N–H and O–H groups in total. The Hall–Kier alpha value is -3.70. The minimum Gasteiger partial charge on any atom is -0.342 e. The Bertz CT molecular complexity index is 1260. The van der Waals surface area contributed by atoms with Crippen molar-refractivity contribution in [3.05, 3.63) is 87.7 Å². The summed E-state index contributed by atoms with van der Waals surface area (Å²) in [6, 6.07) is 12.3. The van der Waals surface area contributed by atoms with Crippen LogP contribution >= 0.6 is 23.4 Å². The molecule has 0 bridgehead atoms. The molecule has 0 saturated carbocycles. The van der Waals surface area contributed by atoms with Crippen LogP contribution in [0.1, 0.15) is 36.1 Å². The maximum absolute atomic E-state index is 12.8. The lowest BCUT2D eigenvalue weighted by molar-refractivity contribution is -0.384. The number of allylic oxidation sites excluding steroid dienone is 1. The number of nitrogens with zero attached hydrogens (tertiary/aromatic N) is 4. The fourth-order valence-electron chi connectivity index (χ4n) is 3.32. The summed E-state index contributed by atoms with van der Waals surface area (Å²) in [6.07, 6.45) is 1.68. The molecule has 0 radical (unpaired) electrons. The van der Waals surface area contributed by atoms with Gasteiger partial charge in [-0.25, -0.2) is 0 Å². The third kappa shape index (κ3) is 6.70. The molecule has 0 spiro atoms. The number of amides is 2. The molecule has 3 rings (SSSR count). The van der Waals surface area contributed by atoms with Crippen molar-refractivity contribution in [3.63, 3.8) is 0 Å². The Balaban J connectivity index is 1.75. The van der Waals surface area contributed by atoms with E-state index in [-0.39, 0.29) is 34.0 Å². The number of thioether (sulfide) groups is 1. The Labute approximate surface area is 217 Å². The van der Waals surface area contributed by atoms with Crippen LogP contribution in [0, 0.1) is 16.0 Å². The maximum Gasteiger partial charge on any atom is 0.271 e. The lowest BCUT2D eigenvalue weighted by atomic mass is 10.0. The van der Waals surface area contributed by atoms with Crippen molar-refractivity contribution in [2.75, 3.05) is 11.1 Å². The normalized spacial score (nSPS) is 11.7. The summed E-state index contributed by atoms with van der Waals surface area (Å²) in [4.78, 5) is 35.8. The monoisotopic (exact) mass is 528 g/mol. The summed E-state index contributed by atoms with van der Waals surface area (Å²) < 4.78 is 1.79. The fourth-order valence-corrected chi connectivity index (χ4v) is 4.24. The van der Waals surface area contributed by atoms with E-state index in [9.17, 15) is 19.7 Å². The third-order valence-corrected chi connectivity index (χ3v) is 6.39. The Kier molecular flexibility index (Phi) is 9.20. The molecule has 0 unspecified atom stereocenters. The molecule has 0 saturated heterocycles. The number of aromatic nitrogens is 3. The fraction of sp³-hybridized carbons (Fsp3) is 0.250. The summed E-state index contributed by atoms with van der Waals surface area (Å²) in [5, 5.41) is 25.8. The van der Waals surface area contributed by atoms with Crippen LogP contribution in [0.3, 0.4) is 0 Å². The zero-order valence-electron chi connectivity index (χ0n) is 19.7. The van der Waals surface area contributed by atoms with Gasteiger partial charge in [0.2, 0.25) is 5.91 Å². The van der Waals surface area contributed by atoms with Crippen molar-refractivity contribution in [1.29, 1.82) is 0 Å². The highest BCUT2D eigenvalue weighted by molar-refractivity contribution is 7.99. The van der Waals surface area contributed by atoms with Crippen LogP contribution in [-0.4, -0.2) is 37.3 Å². The van der Waals surface area contributed by atoms with Crippen molar-refractivity contribution in [2.45, 2.75) is 31.6 Å². The van der Waals surface area contributed by atoms with E-state index in [0.29, 0.717) is 23.1 Å². The van der Waals surface area contributed by atoms with E-state index in [1.54, 1.807) is 34.9 Å². The molecule has 0 aliphatic heterocycles. The molecule has 0 aliphatic carbocycles. The number of carbonyl (C=O) groups is 2. The number of non-ortho nitro benzene ring substituents is 1. The van der Waals surface area contributed by atoms with Crippen LogP contribution in [0.5, 0.6) is 0 Å². The van der Waals surface area contributed by atoms with Gasteiger partial charge in [-0.2, -0.15) is 0 Å². The highest BCUT2D eigenvalue weighted by Gasteiger charge is 2.26. The van der Waals surface area contributed by atoms with Gasteiger partial charge in [0, 0.05) is 24.2 Å². The van der Waals surface area contributed by atoms with Crippen molar-refractivity contribution >= 4 is 46.6 Å². The average molecular weight is 529 g/mol. The number of anilines is 1. The zero-order valence-corrected chi connectivity index (χ0v) is 21.3. The molecule has 2 amide bonds. The smallest absolute Gasteiger partial charge is 0.271 e. The van der Waals surface area contributed by atoms with Crippen molar-refractivity contribution in [3.8, 4) is 0 Å². The molecule has 36 heavy (non-hydrogen) atoms. The summed E-state index contributed by atoms with van der Waals surface area (Å²) in [6.45, 7) is 8.09.